The number of benzene rings is 1. The summed E-state index contributed by atoms with van der Waals surface area (Å²) in [4.78, 5) is 27.5. The first-order valence-corrected chi connectivity index (χ1v) is 5.64. The molecular weight excluding hydrogens is 256 g/mol. The second-order valence-corrected chi connectivity index (χ2v) is 4.37. The van der Waals surface area contributed by atoms with E-state index in [9.17, 15) is 13.6 Å². The summed E-state index contributed by atoms with van der Waals surface area (Å²) in [6.45, 7) is 3.63. The van der Waals surface area contributed by atoms with E-state index in [2.05, 4.69) is 5.32 Å². The SMILES string of the molecule is Cc1cc(F)c([C@@H]2CNC(=O)[C@H]2C)c(F)c1.O=C=O. The third-order valence-electron chi connectivity index (χ3n) is 3.11. The molecule has 1 saturated heterocycles. The van der Waals surface area contributed by atoms with E-state index < -0.39 is 17.6 Å². The maximum absolute atomic E-state index is 13.7. The minimum atomic E-state index is -0.564. The third kappa shape index (κ3) is 3.23. The molecule has 1 aliphatic rings. The molecule has 1 heterocycles. The fourth-order valence-electron chi connectivity index (χ4n) is 2.15. The van der Waals surface area contributed by atoms with Crippen LogP contribution >= 0.6 is 0 Å². The molecule has 0 radical (unpaired) electrons. The van der Waals surface area contributed by atoms with Crippen LogP contribution in [0.25, 0.3) is 0 Å². The number of nitrogens with one attached hydrogen (secondary N) is 1. The molecule has 1 amide bonds. The molecule has 1 fully saturated rings. The van der Waals surface area contributed by atoms with Crippen molar-refractivity contribution in [3.63, 3.8) is 0 Å². The monoisotopic (exact) mass is 269 g/mol. The van der Waals surface area contributed by atoms with Crippen LogP contribution < -0.4 is 5.32 Å². The van der Waals surface area contributed by atoms with Gasteiger partial charge in [-0.25, -0.2) is 8.78 Å². The molecule has 0 saturated carbocycles. The van der Waals surface area contributed by atoms with Crippen molar-refractivity contribution in [2.24, 2.45) is 5.92 Å². The summed E-state index contributed by atoms with van der Waals surface area (Å²) >= 11 is 0. The van der Waals surface area contributed by atoms with Gasteiger partial charge in [0.15, 0.2) is 0 Å². The average Bonchev–Trinajstić information content (AvgIpc) is 2.61. The van der Waals surface area contributed by atoms with Gasteiger partial charge in [0.05, 0.1) is 0 Å². The number of halogens is 2. The van der Waals surface area contributed by atoms with E-state index in [4.69, 9.17) is 9.59 Å². The Hall–Kier alpha value is -2.07. The molecule has 0 bridgehead atoms. The fraction of sp³-hybridized carbons (Fsp3) is 0.385. The number of rotatable bonds is 1. The highest BCUT2D eigenvalue weighted by atomic mass is 19.1. The number of carbonyl (C=O) groups excluding carboxylic acids is 3. The maximum atomic E-state index is 13.7. The van der Waals surface area contributed by atoms with Crippen molar-refractivity contribution in [1.29, 1.82) is 0 Å². The molecule has 6 heteroatoms. The van der Waals surface area contributed by atoms with Gasteiger partial charge in [0.1, 0.15) is 11.6 Å². The quantitative estimate of drug-likeness (QED) is 0.841. The summed E-state index contributed by atoms with van der Waals surface area (Å²) in [6.07, 6.45) is 0.250. The van der Waals surface area contributed by atoms with Gasteiger partial charge in [-0.2, -0.15) is 9.59 Å². The first-order chi connectivity index (χ1) is 8.92. The minimum Gasteiger partial charge on any atom is -0.355 e. The van der Waals surface area contributed by atoms with E-state index in [1.54, 1.807) is 13.8 Å². The standard InChI is InChI=1S/C12H13F2NO.CO2/c1-6-3-9(13)11(10(14)4-6)8-5-15-12(16)7(8)2;2-1-3/h3-4,7-8H,5H2,1-2H3,(H,15,16);/t7-,8+;/m0./s1. The summed E-state index contributed by atoms with van der Waals surface area (Å²) in [5.74, 6) is -2.07. The van der Waals surface area contributed by atoms with Crippen LogP contribution in [-0.4, -0.2) is 18.6 Å². The average molecular weight is 269 g/mol. The molecule has 2 atom stereocenters. The molecule has 19 heavy (non-hydrogen) atoms. The third-order valence-corrected chi connectivity index (χ3v) is 3.11. The Morgan fingerprint density at radius 3 is 2.11 bits per heavy atom. The molecule has 1 N–H and O–H groups in total. The lowest BCUT2D eigenvalue weighted by Crippen LogP contribution is -2.17. The molecule has 1 aliphatic heterocycles. The highest BCUT2D eigenvalue weighted by Crippen LogP contribution is 2.32. The van der Waals surface area contributed by atoms with E-state index in [-0.39, 0.29) is 23.5 Å². The molecule has 1 aromatic carbocycles. The second kappa shape index (κ2) is 6.20. The van der Waals surface area contributed by atoms with E-state index in [1.807, 2.05) is 0 Å². The van der Waals surface area contributed by atoms with Gasteiger partial charge in [-0.15, -0.1) is 0 Å². The Morgan fingerprint density at radius 1 is 1.26 bits per heavy atom. The predicted molar refractivity (Wildman–Crippen MR) is 61.0 cm³/mol. The molecule has 2 rings (SSSR count). The summed E-state index contributed by atoms with van der Waals surface area (Å²) in [5.41, 5.74) is 0.570. The van der Waals surface area contributed by atoms with Crippen LogP contribution in [0, 0.1) is 24.5 Å². The zero-order valence-corrected chi connectivity index (χ0v) is 10.5. The summed E-state index contributed by atoms with van der Waals surface area (Å²) in [7, 11) is 0. The van der Waals surface area contributed by atoms with Crippen molar-refractivity contribution in [1.82, 2.24) is 5.32 Å². The molecule has 1 aromatic rings. The van der Waals surface area contributed by atoms with E-state index in [0.29, 0.717) is 12.1 Å². The highest BCUT2D eigenvalue weighted by molar-refractivity contribution is 5.82. The number of aryl methyl sites for hydroxylation is 1. The minimum absolute atomic E-state index is 0.0245. The van der Waals surface area contributed by atoms with Gasteiger partial charge in [0.2, 0.25) is 5.91 Å². The molecule has 4 nitrogen and oxygen atoms in total. The molecular formula is C13H13F2NO3. The van der Waals surface area contributed by atoms with Crippen LogP contribution in [0.5, 0.6) is 0 Å². The van der Waals surface area contributed by atoms with Crippen LogP contribution in [0.3, 0.4) is 0 Å². The Labute approximate surface area is 108 Å². The Bertz CT molecular complexity index is 502. The maximum Gasteiger partial charge on any atom is 0.373 e. The second-order valence-electron chi connectivity index (χ2n) is 4.37. The first-order valence-electron chi connectivity index (χ1n) is 5.64. The van der Waals surface area contributed by atoms with E-state index in [1.165, 1.54) is 12.1 Å². The van der Waals surface area contributed by atoms with Crippen molar-refractivity contribution in [2.45, 2.75) is 19.8 Å². The Balaban J connectivity index is 0.000000550. The van der Waals surface area contributed by atoms with Crippen molar-refractivity contribution in [3.8, 4) is 0 Å². The lowest BCUT2D eigenvalue weighted by atomic mass is 9.88. The molecule has 102 valence electrons. The zero-order valence-electron chi connectivity index (χ0n) is 10.5. The van der Waals surface area contributed by atoms with Gasteiger partial charge in [-0.1, -0.05) is 6.92 Å². The molecule has 0 aromatic heterocycles. The highest BCUT2D eigenvalue weighted by Gasteiger charge is 2.35. The molecule has 0 unspecified atom stereocenters. The van der Waals surface area contributed by atoms with Gasteiger partial charge in [-0.05, 0) is 24.6 Å². The van der Waals surface area contributed by atoms with Crippen LogP contribution in [0.15, 0.2) is 12.1 Å². The van der Waals surface area contributed by atoms with Gasteiger partial charge in [0, 0.05) is 23.9 Å². The summed E-state index contributed by atoms with van der Waals surface area (Å²) in [5, 5.41) is 2.61. The largest absolute Gasteiger partial charge is 0.373 e. The number of hydrogen-bond acceptors (Lipinski definition) is 3. The zero-order chi connectivity index (χ0) is 14.6. The smallest absolute Gasteiger partial charge is 0.355 e. The fourth-order valence-corrected chi connectivity index (χ4v) is 2.15. The van der Waals surface area contributed by atoms with Crippen molar-refractivity contribution >= 4 is 12.1 Å². The Morgan fingerprint density at radius 2 is 1.74 bits per heavy atom. The van der Waals surface area contributed by atoms with Crippen LogP contribution in [0.2, 0.25) is 0 Å². The van der Waals surface area contributed by atoms with Gasteiger partial charge in [-0.3, -0.25) is 4.79 Å². The number of hydrogen-bond donors (Lipinski definition) is 1. The van der Waals surface area contributed by atoms with Crippen LogP contribution in [-0.2, 0) is 14.4 Å². The predicted octanol–water partition coefficient (Wildman–Crippen LogP) is 1.54. The van der Waals surface area contributed by atoms with Crippen LogP contribution in [0.4, 0.5) is 8.78 Å². The van der Waals surface area contributed by atoms with Gasteiger partial charge >= 0.3 is 6.15 Å². The number of carbonyl (C=O) groups is 1. The summed E-state index contributed by atoms with van der Waals surface area (Å²) < 4.78 is 27.4. The topological polar surface area (TPSA) is 63.2 Å². The Kier molecular flexibility index (Phi) is 4.89. The van der Waals surface area contributed by atoms with Crippen molar-refractivity contribution < 1.29 is 23.2 Å². The molecule has 0 spiro atoms. The normalized spacial score (nSPS) is 21.2. The first kappa shape index (κ1) is 15.0. The molecule has 0 aliphatic carbocycles. The van der Waals surface area contributed by atoms with E-state index in [0.717, 1.165) is 0 Å². The van der Waals surface area contributed by atoms with Gasteiger partial charge < -0.3 is 5.32 Å². The number of amides is 1. The van der Waals surface area contributed by atoms with Crippen LogP contribution in [0.1, 0.15) is 24.0 Å². The lowest BCUT2D eigenvalue weighted by molar-refractivity contribution is -0.191. The van der Waals surface area contributed by atoms with Gasteiger partial charge in [0.25, 0.3) is 0 Å². The lowest BCUT2D eigenvalue weighted by Gasteiger charge is -2.15. The van der Waals surface area contributed by atoms with E-state index >= 15 is 0 Å². The summed E-state index contributed by atoms with van der Waals surface area (Å²) in [6, 6.07) is 2.60. The van der Waals surface area contributed by atoms with Crippen molar-refractivity contribution in [3.05, 3.63) is 34.9 Å². The van der Waals surface area contributed by atoms with Crippen molar-refractivity contribution in [2.75, 3.05) is 6.54 Å².